The molecule has 2 fully saturated rings. The first kappa shape index (κ1) is 19.7. The SMILES string of the molecule is COc1ccc(-c2cc(N3CCC(C(=O)N[C@@H]4CCSC4=O)CC3)ncn2)cc1. The minimum Gasteiger partial charge on any atom is -0.497 e. The molecule has 8 heteroatoms. The summed E-state index contributed by atoms with van der Waals surface area (Å²) in [5.74, 6) is 2.43. The maximum atomic E-state index is 12.5. The van der Waals surface area contributed by atoms with Crippen molar-refractivity contribution in [1.82, 2.24) is 15.3 Å². The van der Waals surface area contributed by atoms with E-state index in [1.54, 1.807) is 13.4 Å². The lowest BCUT2D eigenvalue weighted by Gasteiger charge is -2.32. The number of aromatic nitrogens is 2. The number of anilines is 1. The van der Waals surface area contributed by atoms with Gasteiger partial charge in [0.25, 0.3) is 0 Å². The van der Waals surface area contributed by atoms with Gasteiger partial charge in [-0.1, -0.05) is 11.8 Å². The van der Waals surface area contributed by atoms with Crippen LogP contribution in [0.15, 0.2) is 36.7 Å². The Hall–Kier alpha value is -2.61. The number of benzene rings is 1. The highest BCUT2D eigenvalue weighted by Crippen LogP contribution is 2.27. The average molecular weight is 413 g/mol. The second-order valence-corrected chi connectivity index (χ2v) is 8.37. The van der Waals surface area contributed by atoms with Gasteiger partial charge in [0.15, 0.2) is 0 Å². The van der Waals surface area contributed by atoms with Crippen LogP contribution >= 0.6 is 11.8 Å². The van der Waals surface area contributed by atoms with Crippen LogP contribution < -0.4 is 15.0 Å². The van der Waals surface area contributed by atoms with Crippen molar-refractivity contribution in [1.29, 1.82) is 0 Å². The molecule has 0 aliphatic carbocycles. The summed E-state index contributed by atoms with van der Waals surface area (Å²) in [6.07, 6.45) is 3.82. The zero-order valence-corrected chi connectivity index (χ0v) is 17.2. The molecule has 2 aliphatic heterocycles. The van der Waals surface area contributed by atoms with Gasteiger partial charge in [0.2, 0.25) is 11.0 Å². The molecule has 1 aromatic heterocycles. The number of rotatable bonds is 5. The van der Waals surface area contributed by atoms with Crippen LogP contribution in [0.4, 0.5) is 5.82 Å². The molecule has 2 aromatic rings. The number of piperidine rings is 1. The minimum absolute atomic E-state index is 0.00658. The predicted molar refractivity (Wildman–Crippen MR) is 113 cm³/mol. The summed E-state index contributed by atoms with van der Waals surface area (Å²) in [5.41, 5.74) is 1.86. The Labute approximate surface area is 174 Å². The van der Waals surface area contributed by atoms with Crippen LogP contribution in [0.1, 0.15) is 19.3 Å². The van der Waals surface area contributed by atoms with E-state index in [0.717, 1.165) is 60.9 Å². The Bertz CT molecular complexity index is 882. The van der Waals surface area contributed by atoms with Gasteiger partial charge in [-0.15, -0.1) is 0 Å². The van der Waals surface area contributed by atoms with Gasteiger partial charge in [-0.05, 0) is 43.5 Å². The number of amides is 1. The number of thioether (sulfide) groups is 1. The van der Waals surface area contributed by atoms with Gasteiger partial charge in [-0.25, -0.2) is 9.97 Å². The van der Waals surface area contributed by atoms with Gasteiger partial charge in [-0.3, -0.25) is 9.59 Å². The highest BCUT2D eigenvalue weighted by atomic mass is 32.2. The van der Waals surface area contributed by atoms with Crippen molar-refractivity contribution in [2.45, 2.75) is 25.3 Å². The molecule has 7 nitrogen and oxygen atoms in total. The predicted octanol–water partition coefficient (Wildman–Crippen LogP) is 2.52. The molecule has 4 rings (SSSR count). The van der Waals surface area contributed by atoms with Crippen LogP contribution in [0, 0.1) is 5.92 Å². The van der Waals surface area contributed by atoms with Crippen LogP contribution in [-0.2, 0) is 9.59 Å². The zero-order chi connectivity index (χ0) is 20.2. The number of nitrogens with zero attached hydrogens (tertiary/aromatic N) is 3. The van der Waals surface area contributed by atoms with Gasteiger partial charge < -0.3 is 15.0 Å². The summed E-state index contributed by atoms with van der Waals surface area (Å²) >= 11 is 1.31. The third-order valence-electron chi connectivity index (χ3n) is 5.48. The fraction of sp³-hybridized carbons (Fsp3) is 0.429. The van der Waals surface area contributed by atoms with E-state index in [-0.39, 0.29) is 23.0 Å². The second kappa shape index (κ2) is 8.82. The van der Waals surface area contributed by atoms with Crippen LogP contribution in [0.2, 0.25) is 0 Å². The number of nitrogens with one attached hydrogen (secondary N) is 1. The van der Waals surface area contributed by atoms with Gasteiger partial charge in [0.05, 0.1) is 18.8 Å². The third kappa shape index (κ3) is 4.53. The number of carbonyl (C=O) groups is 2. The van der Waals surface area contributed by atoms with Crippen molar-refractivity contribution >= 4 is 28.6 Å². The largest absolute Gasteiger partial charge is 0.497 e. The van der Waals surface area contributed by atoms with Crippen molar-refractivity contribution < 1.29 is 14.3 Å². The first-order valence-electron chi connectivity index (χ1n) is 9.82. The Morgan fingerprint density at radius 2 is 1.93 bits per heavy atom. The van der Waals surface area contributed by atoms with E-state index in [1.807, 2.05) is 30.3 Å². The molecule has 0 radical (unpaired) electrons. The first-order chi connectivity index (χ1) is 14.1. The summed E-state index contributed by atoms with van der Waals surface area (Å²) in [5, 5.41) is 3.02. The maximum Gasteiger partial charge on any atom is 0.223 e. The van der Waals surface area contributed by atoms with Crippen molar-refractivity contribution in [3.8, 4) is 17.0 Å². The number of methoxy groups -OCH3 is 1. The van der Waals surface area contributed by atoms with E-state index in [0.29, 0.717) is 0 Å². The maximum absolute atomic E-state index is 12.5. The number of ether oxygens (including phenoxy) is 1. The highest BCUT2D eigenvalue weighted by molar-refractivity contribution is 8.14. The summed E-state index contributed by atoms with van der Waals surface area (Å²) in [4.78, 5) is 35.2. The van der Waals surface area contributed by atoms with Crippen LogP contribution in [-0.4, -0.2) is 53.0 Å². The molecule has 2 aliphatic rings. The van der Waals surface area contributed by atoms with Gasteiger partial charge in [0, 0.05) is 36.4 Å². The Morgan fingerprint density at radius 3 is 2.59 bits per heavy atom. The molecule has 1 amide bonds. The van der Waals surface area contributed by atoms with E-state index in [1.165, 1.54) is 11.8 Å². The van der Waals surface area contributed by atoms with E-state index in [4.69, 9.17) is 4.74 Å². The Morgan fingerprint density at radius 1 is 1.17 bits per heavy atom. The van der Waals surface area contributed by atoms with Gasteiger partial charge in [0.1, 0.15) is 17.9 Å². The van der Waals surface area contributed by atoms with Crippen molar-refractivity contribution in [3.05, 3.63) is 36.7 Å². The molecule has 3 heterocycles. The topological polar surface area (TPSA) is 84.4 Å². The summed E-state index contributed by atoms with van der Waals surface area (Å²) in [7, 11) is 1.65. The minimum atomic E-state index is -0.306. The van der Waals surface area contributed by atoms with E-state index in [2.05, 4.69) is 20.2 Å². The molecule has 29 heavy (non-hydrogen) atoms. The Balaban J connectivity index is 1.37. The van der Waals surface area contributed by atoms with Crippen molar-refractivity contribution in [3.63, 3.8) is 0 Å². The average Bonchev–Trinajstić information content (AvgIpc) is 3.18. The van der Waals surface area contributed by atoms with E-state index < -0.39 is 0 Å². The third-order valence-corrected chi connectivity index (χ3v) is 6.49. The molecule has 1 aromatic carbocycles. The van der Waals surface area contributed by atoms with Gasteiger partial charge >= 0.3 is 0 Å². The first-order valence-corrected chi connectivity index (χ1v) is 10.8. The summed E-state index contributed by atoms with van der Waals surface area (Å²) in [6.45, 7) is 1.51. The highest BCUT2D eigenvalue weighted by Gasteiger charge is 2.31. The van der Waals surface area contributed by atoms with Crippen LogP contribution in [0.25, 0.3) is 11.3 Å². The fourth-order valence-electron chi connectivity index (χ4n) is 3.73. The molecule has 2 saturated heterocycles. The monoisotopic (exact) mass is 412 g/mol. The van der Waals surface area contributed by atoms with E-state index >= 15 is 0 Å². The number of carbonyl (C=O) groups excluding carboxylic acids is 2. The van der Waals surface area contributed by atoms with Crippen molar-refractivity contribution in [2.75, 3.05) is 30.9 Å². The molecule has 152 valence electrons. The van der Waals surface area contributed by atoms with Gasteiger partial charge in [-0.2, -0.15) is 0 Å². The van der Waals surface area contributed by atoms with E-state index in [9.17, 15) is 9.59 Å². The Kier molecular flexibility index (Phi) is 5.99. The molecule has 0 bridgehead atoms. The smallest absolute Gasteiger partial charge is 0.223 e. The molecule has 0 saturated carbocycles. The van der Waals surface area contributed by atoms with Crippen molar-refractivity contribution in [2.24, 2.45) is 5.92 Å². The number of hydrogen-bond acceptors (Lipinski definition) is 7. The zero-order valence-electron chi connectivity index (χ0n) is 16.3. The standard InChI is InChI=1S/C21H24N4O3S/c1-28-16-4-2-14(3-5-16)18-12-19(23-13-22-18)25-9-6-15(7-10-25)20(26)24-17-8-11-29-21(17)27/h2-5,12-13,15,17H,6-11H2,1H3,(H,24,26)/t17-/m1/s1. The second-order valence-electron chi connectivity index (χ2n) is 7.27. The lowest BCUT2D eigenvalue weighted by Crippen LogP contribution is -2.45. The molecular formula is C21H24N4O3S. The molecular weight excluding hydrogens is 388 g/mol. The number of hydrogen-bond donors (Lipinski definition) is 1. The molecule has 1 atom stereocenters. The fourth-order valence-corrected chi connectivity index (χ4v) is 4.66. The summed E-state index contributed by atoms with van der Waals surface area (Å²) in [6, 6.07) is 9.45. The molecule has 1 N–H and O–H groups in total. The normalized spacial score (nSPS) is 20.0. The van der Waals surface area contributed by atoms with Crippen LogP contribution in [0.3, 0.4) is 0 Å². The molecule has 0 spiro atoms. The van der Waals surface area contributed by atoms with Crippen LogP contribution in [0.5, 0.6) is 5.75 Å². The lowest BCUT2D eigenvalue weighted by atomic mass is 9.95. The lowest BCUT2D eigenvalue weighted by molar-refractivity contribution is -0.128. The molecule has 0 unspecified atom stereocenters. The quantitative estimate of drug-likeness (QED) is 0.808. The summed E-state index contributed by atoms with van der Waals surface area (Å²) < 4.78 is 5.21.